The molecule has 1 aromatic heterocycles. The van der Waals surface area contributed by atoms with Crippen LogP contribution in [-0.2, 0) is 9.59 Å². The van der Waals surface area contributed by atoms with Crippen molar-refractivity contribution < 1.29 is 23.9 Å². The summed E-state index contributed by atoms with van der Waals surface area (Å²) in [5, 5.41) is 13.6. The van der Waals surface area contributed by atoms with Crippen molar-refractivity contribution in [3.63, 3.8) is 0 Å². The second kappa shape index (κ2) is 8.84. The van der Waals surface area contributed by atoms with Gasteiger partial charge in [-0.15, -0.1) is 0 Å². The Hall–Kier alpha value is -2.87. The third-order valence-electron chi connectivity index (χ3n) is 3.02. The molecule has 8 heteroatoms. The molecule has 2 rings (SSSR count). The lowest BCUT2D eigenvalue weighted by molar-refractivity contribution is -0.136. The number of amides is 2. The van der Waals surface area contributed by atoms with Gasteiger partial charge in [0.25, 0.3) is 11.8 Å². The predicted molar refractivity (Wildman–Crippen MR) is 93.6 cm³/mol. The van der Waals surface area contributed by atoms with Crippen LogP contribution >= 0.6 is 15.9 Å². The van der Waals surface area contributed by atoms with E-state index in [0.29, 0.717) is 5.56 Å². The number of furan rings is 1. The zero-order valence-electron chi connectivity index (χ0n) is 13.0. The number of carbonyl (C=O) groups excluding carboxylic acids is 2. The summed E-state index contributed by atoms with van der Waals surface area (Å²) in [7, 11) is 0. The number of hydrogen-bond donors (Lipinski definition) is 3. The van der Waals surface area contributed by atoms with Crippen molar-refractivity contribution in [2.75, 3.05) is 6.54 Å². The van der Waals surface area contributed by atoms with Gasteiger partial charge in [0.2, 0.25) is 0 Å². The number of nitrogens with one attached hydrogen (secondary N) is 2. The summed E-state index contributed by atoms with van der Waals surface area (Å²) in [4.78, 5) is 35.0. The van der Waals surface area contributed by atoms with Crippen LogP contribution in [0.1, 0.15) is 22.5 Å². The van der Waals surface area contributed by atoms with Crippen LogP contribution in [0.3, 0.4) is 0 Å². The molecular formula is C17H15BrN2O5. The second-order valence-corrected chi connectivity index (χ2v) is 5.86. The Bertz CT molecular complexity index is 799. The van der Waals surface area contributed by atoms with E-state index in [0.717, 1.165) is 4.47 Å². The maximum atomic E-state index is 12.3. The molecular weight excluding hydrogens is 392 g/mol. The lowest BCUT2D eigenvalue weighted by Gasteiger charge is -2.10. The van der Waals surface area contributed by atoms with Crippen LogP contribution in [0.4, 0.5) is 0 Å². The van der Waals surface area contributed by atoms with Gasteiger partial charge < -0.3 is 20.2 Å². The zero-order chi connectivity index (χ0) is 18.2. The van der Waals surface area contributed by atoms with E-state index in [9.17, 15) is 14.4 Å². The summed E-state index contributed by atoms with van der Waals surface area (Å²) in [6.45, 7) is -0.0549. The van der Waals surface area contributed by atoms with Gasteiger partial charge in [0.15, 0.2) is 5.76 Å². The predicted octanol–water partition coefficient (Wildman–Crippen LogP) is 2.40. The molecule has 2 aromatic rings. The van der Waals surface area contributed by atoms with Gasteiger partial charge in [-0.25, -0.2) is 0 Å². The third kappa shape index (κ3) is 5.92. The maximum absolute atomic E-state index is 12.3. The Kier molecular flexibility index (Phi) is 6.53. The Morgan fingerprint density at radius 2 is 2.00 bits per heavy atom. The second-order valence-electron chi connectivity index (χ2n) is 4.94. The third-order valence-corrected chi connectivity index (χ3v) is 3.52. The molecule has 0 aliphatic carbocycles. The number of carbonyl (C=O) groups is 3. The topological polar surface area (TPSA) is 109 Å². The van der Waals surface area contributed by atoms with E-state index in [-0.39, 0.29) is 24.4 Å². The lowest BCUT2D eigenvalue weighted by Crippen LogP contribution is -2.35. The molecule has 0 radical (unpaired) electrons. The molecule has 0 bridgehead atoms. The number of carboxylic acid groups (broad SMARTS) is 1. The van der Waals surface area contributed by atoms with Gasteiger partial charge in [-0.2, -0.15) is 0 Å². The fourth-order valence-corrected chi connectivity index (χ4v) is 2.31. The van der Waals surface area contributed by atoms with Gasteiger partial charge in [0.1, 0.15) is 5.70 Å². The molecule has 0 saturated heterocycles. The van der Waals surface area contributed by atoms with E-state index in [1.54, 1.807) is 24.3 Å². The van der Waals surface area contributed by atoms with Crippen molar-refractivity contribution >= 4 is 39.8 Å². The van der Waals surface area contributed by atoms with E-state index in [1.807, 2.05) is 6.07 Å². The minimum absolute atomic E-state index is 0.0233. The largest absolute Gasteiger partial charge is 0.481 e. The standard InChI is InChI=1S/C17H15BrN2O5/c18-12-4-1-3-11(9-12)10-13(16(23)19-7-6-15(21)22)20-17(24)14-5-2-8-25-14/h1-5,8-10H,6-7H2,(H,19,23)(H,20,24)(H,21,22)/b13-10+. The molecule has 25 heavy (non-hydrogen) atoms. The van der Waals surface area contributed by atoms with E-state index >= 15 is 0 Å². The average Bonchev–Trinajstić information content (AvgIpc) is 3.08. The fourth-order valence-electron chi connectivity index (χ4n) is 1.89. The maximum Gasteiger partial charge on any atom is 0.305 e. The highest BCUT2D eigenvalue weighted by Crippen LogP contribution is 2.14. The highest BCUT2D eigenvalue weighted by molar-refractivity contribution is 9.10. The first-order valence-corrected chi connectivity index (χ1v) is 8.07. The van der Waals surface area contributed by atoms with Crippen LogP contribution in [0, 0.1) is 0 Å². The number of carboxylic acids is 1. The van der Waals surface area contributed by atoms with Crippen LogP contribution in [-0.4, -0.2) is 29.4 Å². The van der Waals surface area contributed by atoms with Crippen LogP contribution in [0.25, 0.3) is 6.08 Å². The number of rotatable bonds is 7. The Morgan fingerprint density at radius 1 is 1.20 bits per heavy atom. The van der Waals surface area contributed by atoms with Gasteiger partial charge in [-0.3, -0.25) is 14.4 Å². The van der Waals surface area contributed by atoms with Gasteiger partial charge in [0.05, 0.1) is 12.7 Å². The van der Waals surface area contributed by atoms with Gasteiger partial charge in [-0.1, -0.05) is 28.1 Å². The molecule has 0 fully saturated rings. The zero-order valence-corrected chi connectivity index (χ0v) is 14.6. The first kappa shape index (κ1) is 18.5. The molecule has 2 amide bonds. The normalized spacial score (nSPS) is 11.0. The fraction of sp³-hybridized carbons (Fsp3) is 0.118. The number of benzene rings is 1. The van der Waals surface area contributed by atoms with Gasteiger partial charge in [0, 0.05) is 11.0 Å². The van der Waals surface area contributed by atoms with Crippen molar-refractivity contribution in [3.8, 4) is 0 Å². The van der Waals surface area contributed by atoms with Crippen molar-refractivity contribution in [3.05, 3.63) is 64.2 Å². The van der Waals surface area contributed by atoms with E-state index in [2.05, 4.69) is 26.6 Å². The number of hydrogen-bond acceptors (Lipinski definition) is 4. The minimum Gasteiger partial charge on any atom is -0.481 e. The summed E-state index contributed by atoms with van der Waals surface area (Å²) in [6, 6.07) is 10.2. The van der Waals surface area contributed by atoms with Gasteiger partial charge in [-0.05, 0) is 35.9 Å². The summed E-state index contributed by atoms with van der Waals surface area (Å²) in [5.74, 6) is -2.16. The van der Waals surface area contributed by atoms with Crippen LogP contribution < -0.4 is 10.6 Å². The lowest BCUT2D eigenvalue weighted by atomic mass is 10.2. The molecule has 0 saturated carbocycles. The smallest absolute Gasteiger partial charge is 0.305 e. The average molecular weight is 407 g/mol. The molecule has 7 nitrogen and oxygen atoms in total. The van der Waals surface area contributed by atoms with Crippen LogP contribution in [0.2, 0.25) is 0 Å². The van der Waals surface area contributed by atoms with E-state index < -0.39 is 17.8 Å². The van der Waals surface area contributed by atoms with Crippen LogP contribution in [0.5, 0.6) is 0 Å². The molecule has 0 unspecified atom stereocenters. The molecule has 0 aliphatic heterocycles. The van der Waals surface area contributed by atoms with Crippen LogP contribution in [0.15, 0.2) is 57.2 Å². The summed E-state index contributed by atoms with van der Waals surface area (Å²) in [5.41, 5.74) is 0.655. The molecule has 1 aromatic carbocycles. The van der Waals surface area contributed by atoms with E-state index in [1.165, 1.54) is 18.4 Å². The highest BCUT2D eigenvalue weighted by atomic mass is 79.9. The monoisotopic (exact) mass is 406 g/mol. The summed E-state index contributed by atoms with van der Waals surface area (Å²) in [6.07, 6.45) is 2.61. The molecule has 1 heterocycles. The summed E-state index contributed by atoms with van der Waals surface area (Å²) < 4.78 is 5.81. The Labute approximate surface area is 151 Å². The van der Waals surface area contributed by atoms with Crippen molar-refractivity contribution in [2.45, 2.75) is 6.42 Å². The minimum atomic E-state index is -1.03. The SMILES string of the molecule is O=C(O)CCNC(=O)/C(=C\c1cccc(Br)c1)NC(=O)c1ccco1. The quantitative estimate of drug-likeness (QED) is 0.611. The Morgan fingerprint density at radius 3 is 2.64 bits per heavy atom. The first-order chi connectivity index (χ1) is 12.0. The van der Waals surface area contributed by atoms with Crippen molar-refractivity contribution in [2.24, 2.45) is 0 Å². The number of halogens is 1. The molecule has 130 valence electrons. The van der Waals surface area contributed by atoms with Crippen molar-refractivity contribution in [1.82, 2.24) is 10.6 Å². The molecule has 0 aliphatic rings. The number of aliphatic carboxylic acids is 1. The van der Waals surface area contributed by atoms with Gasteiger partial charge >= 0.3 is 5.97 Å². The first-order valence-electron chi connectivity index (χ1n) is 7.28. The molecule has 3 N–H and O–H groups in total. The Balaban J connectivity index is 2.19. The van der Waals surface area contributed by atoms with E-state index in [4.69, 9.17) is 9.52 Å². The molecule has 0 spiro atoms. The van der Waals surface area contributed by atoms with Crippen molar-refractivity contribution in [1.29, 1.82) is 0 Å². The molecule has 0 atom stereocenters. The summed E-state index contributed by atoms with van der Waals surface area (Å²) >= 11 is 3.33. The highest BCUT2D eigenvalue weighted by Gasteiger charge is 2.16.